The summed E-state index contributed by atoms with van der Waals surface area (Å²) in [6.07, 6.45) is 5.50. The Labute approximate surface area is 356 Å². The Morgan fingerprint density at radius 3 is 2.04 bits per heavy atom. The van der Waals surface area contributed by atoms with Crippen LogP contribution in [0.1, 0.15) is 76.0 Å². The number of halogens is 3. The summed E-state index contributed by atoms with van der Waals surface area (Å²) >= 11 is 12.2. The molecule has 13 heteroatoms. The van der Waals surface area contributed by atoms with Crippen LogP contribution >= 0.6 is 35.6 Å². The van der Waals surface area contributed by atoms with Crippen molar-refractivity contribution in [1.29, 1.82) is 0 Å². The number of piperidine rings is 1. The van der Waals surface area contributed by atoms with Gasteiger partial charge < -0.3 is 37.6 Å². The second-order valence-corrected chi connectivity index (χ2v) is 16.9. The molecule has 0 aliphatic carbocycles. The molecule has 0 radical (unpaired) electrons. The number of hydrogen-bond acceptors (Lipinski definition) is 7. The van der Waals surface area contributed by atoms with Gasteiger partial charge in [-0.15, -0.1) is 12.4 Å². The van der Waals surface area contributed by atoms with Gasteiger partial charge in [-0.25, -0.2) is 0 Å². The van der Waals surface area contributed by atoms with Crippen molar-refractivity contribution >= 4 is 53.3 Å². The van der Waals surface area contributed by atoms with Crippen molar-refractivity contribution in [3.63, 3.8) is 0 Å². The topological polar surface area (TPSA) is 155 Å². The normalized spacial score (nSPS) is 15.9. The van der Waals surface area contributed by atoms with Crippen LogP contribution in [-0.2, 0) is 33.6 Å². The first-order valence-electron chi connectivity index (χ1n) is 20.2. The smallest absolute Gasteiger partial charge is 0.245 e. The van der Waals surface area contributed by atoms with E-state index in [0.29, 0.717) is 68.5 Å². The first-order chi connectivity index (χ1) is 26.8. The molecule has 3 amide bonds. The van der Waals surface area contributed by atoms with E-state index in [1.165, 1.54) is 11.1 Å². The maximum absolute atomic E-state index is 14.1. The van der Waals surface area contributed by atoms with Gasteiger partial charge in [-0.1, -0.05) is 104 Å². The predicted molar refractivity (Wildman–Crippen MR) is 236 cm³/mol. The highest BCUT2D eigenvalue weighted by Crippen LogP contribution is 2.25. The second kappa shape index (κ2) is 24.6. The largest absolute Gasteiger partial charge is 0.351 e. The third kappa shape index (κ3) is 16.9. The fourth-order valence-corrected chi connectivity index (χ4v) is 7.59. The molecule has 1 aliphatic rings. The van der Waals surface area contributed by atoms with Gasteiger partial charge in [0.05, 0.1) is 22.5 Å². The Bertz CT molecular complexity index is 1660. The maximum Gasteiger partial charge on any atom is 0.245 e. The van der Waals surface area contributed by atoms with Gasteiger partial charge >= 0.3 is 0 Å². The molecule has 0 saturated carbocycles. The molecule has 0 aromatic heterocycles. The molecule has 8 N–H and O–H groups in total. The van der Waals surface area contributed by atoms with E-state index >= 15 is 0 Å². The lowest BCUT2D eigenvalue weighted by molar-refractivity contribution is -0.139. The summed E-state index contributed by atoms with van der Waals surface area (Å²) in [5.74, 6) is -0.145. The quantitative estimate of drug-likeness (QED) is 0.0695. The van der Waals surface area contributed by atoms with Crippen molar-refractivity contribution in [3.05, 3.63) is 106 Å². The van der Waals surface area contributed by atoms with Crippen molar-refractivity contribution in [3.8, 4) is 0 Å². The molecule has 0 unspecified atom stereocenters. The summed E-state index contributed by atoms with van der Waals surface area (Å²) in [5, 5.41) is 14.4. The molecular weight excluding hydrogens is 781 g/mol. The van der Waals surface area contributed by atoms with Crippen molar-refractivity contribution < 1.29 is 14.4 Å². The van der Waals surface area contributed by atoms with Crippen LogP contribution in [0.2, 0.25) is 10.0 Å². The second-order valence-electron chi connectivity index (χ2n) is 16.0. The molecule has 4 rings (SSSR count). The molecule has 1 saturated heterocycles. The van der Waals surface area contributed by atoms with Crippen LogP contribution in [0.15, 0.2) is 78.9 Å². The van der Waals surface area contributed by atoms with E-state index in [1.807, 2.05) is 48.2 Å². The molecule has 1 heterocycles. The zero-order chi connectivity index (χ0) is 40.5. The Morgan fingerprint density at radius 1 is 0.807 bits per heavy atom. The number of likely N-dealkylation sites (tertiary alicyclic amines) is 1. The number of benzene rings is 3. The van der Waals surface area contributed by atoms with Crippen molar-refractivity contribution in [1.82, 2.24) is 26.2 Å². The number of unbranched alkanes of at least 4 members (excludes halogenated alkanes) is 1. The van der Waals surface area contributed by atoms with Gasteiger partial charge in [0.2, 0.25) is 17.7 Å². The molecule has 0 spiro atoms. The van der Waals surface area contributed by atoms with E-state index in [4.69, 9.17) is 34.7 Å². The minimum Gasteiger partial charge on any atom is -0.351 e. The van der Waals surface area contributed by atoms with Gasteiger partial charge in [-0.3, -0.25) is 14.4 Å². The molecule has 1 aliphatic heterocycles. The third-order valence-corrected chi connectivity index (χ3v) is 11.2. The Balaban J connectivity index is 0.00000870. The fraction of sp³-hybridized carbons (Fsp3) is 0.523. The van der Waals surface area contributed by atoms with Gasteiger partial charge in [0.25, 0.3) is 0 Å². The number of carbonyl (C=O) groups is 3. The highest BCUT2D eigenvalue weighted by atomic mass is 35.5. The van der Waals surface area contributed by atoms with Crippen LogP contribution in [0.5, 0.6) is 0 Å². The maximum atomic E-state index is 14.1. The third-order valence-electron chi connectivity index (χ3n) is 10.5. The average molecular weight is 845 g/mol. The Morgan fingerprint density at radius 2 is 1.44 bits per heavy atom. The molecule has 3 aromatic rings. The minimum absolute atomic E-state index is 0. The molecule has 57 heavy (non-hydrogen) atoms. The van der Waals surface area contributed by atoms with Crippen LogP contribution in [-0.4, -0.2) is 85.1 Å². The Hall–Kier alpha value is -3.22. The standard InChI is InChI=1S/C44H63Cl2N7O3.ClH/c1-31(2)24-40(50-30-36(26-33-14-8-5-9-15-33)49-29-35(48)25-32-12-6-4-7-13-32)42(55)51-39(16-10-11-21-47)43(56)53-22-19-44(3,20-23-53)52-41(54)28-34-17-18-37(45)38(46)27-34;/h4-9,12-15,17-18,27,31,35-36,39-40,49-50H,10-11,16,19-26,28-30,47-48H2,1-3H3,(H,51,55)(H,52,54);1H/t35-,36-,39-,40-;/m1./s1. The highest BCUT2D eigenvalue weighted by Gasteiger charge is 2.36. The summed E-state index contributed by atoms with van der Waals surface area (Å²) in [6, 6.07) is 24.5. The lowest BCUT2D eigenvalue weighted by Crippen LogP contribution is -2.59. The molecule has 4 atom stereocenters. The summed E-state index contributed by atoms with van der Waals surface area (Å²) in [4.78, 5) is 43.0. The number of carbonyl (C=O) groups excluding carboxylic acids is 3. The summed E-state index contributed by atoms with van der Waals surface area (Å²) < 4.78 is 0. The monoisotopic (exact) mass is 843 g/mol. The van der Waals surface area contributed by atoms with E-state index in [1.54, 1.807) is 18.2 Å². The van der Waals surface area contributed by atoms with Gasteiger partial charge in [-0.2, -0.15) is 0 Å². The molecule has 3 aromatic carbocycles. The number of amides is 3. The van der Waals surface area contributed by atoms with Crippen LogP contribution in [0.3, 0.4) is 0 Å². The van der Waals surface area contributed by atoms with E-state index < -0.39 is 17.6 Å². The zero-order valence-electron chi connectivity index (χ0n) is 33.8. The summed E-state index contributed by atoms with van der Waals surface area (Å²) in [5.41, 5.74) is 15.1. The zero-order valence-corrected chi connectivity index (χ0v) is 36.1. The first-order valence-corrected chi connectivity index (χ1v) is 20.9. The molecule has 314 valence electrons. The van der Waals surface area contributed by atoms with Gasteiger partial charge in [-0.05, 0) is 99.6 Å². The van der Waals surface area contributed by atoms with Gasteiger partial charge in [0, 0.05) is 43.8 Å². The van der Waals surface area contributed by atoms with Crippen LogP contribution in [0, 0.1) is 5.92 Å². The number of rotatable bonds is 22. The lowest BCUT2D eigenvalue weighted by Gasteiger charge is -2.41. The lowest BCUT2D eigenvalue weighted by atomic mass is 9.88. The van der Waals surface area contributed by atoms with Crippen LogP contribution in [0.25, 0.3) is 0 Å². The van der Waals surface area contributed by atoms with Gasteiger partial charge in [0.1, 0.15) is 6.04 Å². The van der Waals surface area contributed by atoms with Gasteiger partial charge in [0.15, 0.2) is 0 Å². The predicted octanol–water partition coefficient (Wildman–Crippen LogP) is 5.84. The molecular formula is C44H64Cl3N7O3. The molecule has 1 fully saturated rings. The number of nitrogens with one attached hydrogen (secondary N) is 4. The molecule has 0 bridgehead atoms. The van der Waals surface area contributed by atoms with E-state index in [-0.39, 0.29) is 54.6 Å². The van der Waals surface area contributed by atoms with E-state index in [0.717, 1.165) is 31.2 Å². The number of nitrogens with zero attached hydrogens (tertiary/aromatic N) is 1. The van der Waals surface area contributed by atoms with Crippen LogP contribution < -0.4 is 32.7 Å². The highest BCUT2D eigenvalue weighted by molar-refractivity contribution is 6.42. The Kier molecular flexibility index (Phi) is 20.8. The summed E-state index contributed by atoms with van der Waals surface area (Å²) in [6.45, 7) is 8.84. The van der Waals surface area contributed by atoms with Crippen molar-refractivity contribution in [2.75, 3.05) is 32.7 Å². The van der Waals surface area contributed by atoms with Crippen molar-refractivity contribution in [2.24, 2.45) is 17.4 Å². The summed E-state index contributed by atoms with van der Waals surface area (Å²) in [7, 11) is 0. The number of hydrogen-bond donors (Lipinski definition) is 6. The van der Waals surface area contributed by atoms with E-state index in [2.05, 4.69) is 59.4 Å². The SMILES string of the molecule is CC(C)C[C@@H](NC[C@@H](Cc1ccccc1)NC[C@H](N)Cc1ccccc1)C(=O)N[C@H](CCCCN)C(=O)N1CCC(C)(NC(=O)Cc2ccc(Cl)c(Cl)c2)CC1.Cl. The van der Waals surface area contributed by atoms with Crippen molar-refractivity contribution in [2.45, 2.75) is 108 Å². The number of nitrogens with two attached hydrogens (primary N) is 2. The molecule has 10 nitrogen and oxygen atoms in total. The van der Waals surface area contributed by atoms with E-state index in [9.17, 15) is 14.4 Å². The van der Waals surface area contributed by atoms with Crippen LogP contribution in [0.4, 0.5) is 0 Å². The fourth-order valence-electron chi connectivity index (χ4n) is 7.27. The minimum atomic E-state index is -0.673. The first kappa shape index (κ1) is 48.2. The average Bonchev–Trinajstić information content (AvgIpc) is 3.17.